The Balaban J connectivity index is 1.74. The minimum absolute atomic E-state index is 0.0348. The number of benzene rings is 1. The zero-order valence-corrected chi connectivity index (χ0v) is 32.8. The highest BCUT2D eigenvalue weighted by Crippen LogP contribution is 2.35. The molecular formula is C36H55Cl2N7O7. The number of likely N-dealkylation sites (N-methyl/N-ethyl adjacent to an activating group) is 1. The fraction of sp³-hybridized carbons (Fsp3) is 0.667. The van der Waals surface area contributed by atoms with E-state index in [2.05, 4.69) is 26.6 Å². The van der Waals surface area contributed by atoms with Gasteiger partial charge in [0.2, 0.25) is 23.5 Å². The number of aliphatic hydroxyl groups is 1. The van der Waals surface area contributed by atoms with Crippen LogP contribution in [0.15, 0.2) is 30.3 Å². The lowest BCUT2D eigenvalue weighted by molar-refractivity contribution is -0.144. The SMILES string of the molecule is CN(C)C(O)C(NC(=O)CNC(=O)C(=O)C(CC1CC1)NC(=O)[C@@H]1C[C@@H](C(Cl)Cl)CN1C(=O)[C@@H](NC(=O)NC(C)(C)C)C(C)(C)C)c1ccccc1. The van der Waals surface area contributed by atoms with Crippen molar-refractivity contribution >= 4 is 58.6 Å². The topological polar surface area (TPSA) is 189 Å². The molecule has 6 atom stereocenters. The van der Waals surface area contributed by atoms with Crippen LogP contribution in [0.4, 0.5) is 4.79 Å². The Morgan fingerprint density at radius 2 is 1.56 bits per heavy atom. The quantitative estimate of drug-likeness (QED) is 0.0890. The van der Waals surface area contributed by atoms with Crippen LogP contribution in [-0.4, -0.2) is 112 Å². The van der Waals surface area contributed by atoms with E-state index in [0.717, 1.165) is 12.8 Å². The molecule has 0 bridgehead atoms. The maximum atomic E-state index is 14.1. The molecule has 0 aromatic heterocycles. The summed E-state index contributed by atoms with van der Waals surface area (Å²) >= 11 is 12.5. The molecule has 1 saturated heterocycles. The number of amides is 6. The Hall–Kier alpha value is -3.46. The van der Waals surface area contributed by atoms with Gasteiger partial charge in [0.15, 0.2) is 0 Å². The second-order valence-corrected chi connectivity index (χ2v) is 17.3. The van der Waals surface area contributed by atoms with E-state index >= 15 is 0 Å². The molecule has 16 heteroatoms. The number of aliphatic hydroxyl groups excluding tert-OH is 1. The molecule has 2 fully saturated rings. The summed E-state index contributed by atoms with van der Waals surface area (Å²) in [5, 5.41) is 24.0. The minimum atomic E-state index is -1.22. The number of carbonyl (C=O) groups is 6. The average molecular weight is 769 g/mol. The Bertz CT molecular complexity index is 1440. The number of alkyl halides is 2. The van der Waals surface area contributed by atoms with Crippen LogP contribution in [0.2, 0.25) is 0 Å². The van der Waals surface area contributed by atoms with Crippen LogP contribution in [0.1, 0.15) is 78.8 Å². The van der Waals surface area contributed by atoms with E-state index in [1.165, 1.54) is 9.80 Å². The Morgan fingerprint density at radius 1 is 0.942 bits per heavy atom. The summed E-state index contributed by atoms with van der Waals surface area (Å²) in [5.74, 6) is -4.18. The summed E-state index contributed by atoms with van der Waals surface area (Å²) in [7, 11) is 3.30. The number of nitrogens with zero attached hydrogens (tertiary/aromatic N) is 2. The van der Waals surface area contributed by atoms with Gasteiger partial charge in [0, 0.05) is 18.0 Å². The van der Waals surface area contributed by atoms with E-state index in [4.69, 9.17) is 23.2 Å². The third-order valence-electron chi connectivity index (χ3n) is 8.99. The number of Topliss-reactive ketones (excluding diaryl/α,β-unsaturated/α-hetero) is 1. The molecule has 6 amide bonds. The van der Waals surface area contributed by atoms with Gasteiger partial charge in [0.05, 0.1) is 18.6 Å². The highest BCUT2D eigenvalue weighted by atomic mass is 35.5. The normalized spacial score (nSPS) is 20.1. The number of urea groups is 1. The maximum absolute atomic E-state index is 14.1. The number of likely N-dealkylation sites (tertiary alicyclic amines) is 1. The van der Waals surface area contributed by atoms with Gasteiger partial charge in [-0.1, -0.05) is 63.9 Å². The predicted molar refractivity (Wildman–Crippen MR) is 198 cm³/mol. The number of carbonyl (C=O) groups excluding carboxylic acids is 6. The van der Waals surface area contributed by atoms with Crippen molar-refractivity contribution in [3.05, 3.63) is 35.9 Å². The van der Waals surface area contributed by atoms with Crippen LogP contribution in [0.5, 0.6) is 0 Å². The van der Waals surface area contributed by atoms with Gasteiger partial charge in [-0.25, -0.2) is 4.79 Å². The summed E-state index contributed by atoms with van der Waals surface area (Å²) in [6, 6.07) is 4.12. The molecule has 1 aromatic rings. The summed E-state index contributed by atoms with van der Waals surface area (Å²) in [4.78, 5) is 82.4. The van der Waals surface area contributed by atoms with Gasteiger partial charge in [-0.15, -0.1) is 23.2 Å². The summed E-state index contributed by atoms with van der Waals surface area (Å²) in [6.07, 6.45) is 0.867. The lowest BCUT2D eigenvalue weighted by Crippen LogP contribution is -2.61. The van der Waals surface area contributed by atoms with E-state index in [-0.39, 0.29) is 25.3 Å². The fourth-order valence-electron chi connectivity index (χ4n) is 5.97. The third kappa shape index (κ3) is 12.6. The first-order valence-corrected chi connectivity index (χ1v) is 18.4. The smallest absolute Gasteiger partial charge is 0.315 e. The lowest BCUT2D eigenvalue weighted by Gasteiger charge is -2.36. The molecule has 290 valence electrons. The van der Waals surface area contributed by atoms with Crippen molar-refractivity contribution in [3.8, 4) is 0 Å². The summed E-state index contributed by atoms with van der Waals surface area (Å²) in [5.41, 5.74) is -0.687. The maximum Gasteiger partial charge on any atom is 0.315 e. The van der Waals surface area contributed by atoms with Gasteiger partial charge in [-0.3, -0.25) is 28.9 Å². The molecule has 52 heavy (non-hydrogen) atoms. The first-order valence-electron chi connectivity index (χ1n) is 17.6. The predicted octanol–water partition coefficient (Wildman–Crippen LogP) is 2.23. The number of nitrogens with one attached hydrogen (secondary N) is 5. The van der Waals surface area contributed by atoms with Crippen molar-refractivity contribution in [2.45, 2.75) is 108 Å². The molecule has 1 heterocycles. The zero-order chi connectivity index (χ0) is 39.1. The second-order valence-electron chi connectivity index (χ2n) is 16.1. The largest absolute Gasteiger partial charge is 0.376 e. The van der Waals surface area contributed by atoms with Gasteiger partial charge in [-0.2, -0.15) is 0 Å². The van der Waals surface area contributed by atoms with E-state index in [9.17, 15) is 33.9 Å². The van der Waals surface area contributed by atoms with Crippen molar-refractivity contribution in [1.82, 2.24) is 36.4 Å². The molecule has 1 aromatic carbocycles. The number of hydrogen-bond donors (Lipinski definition) is 6. The molecule has 0 spiro atoms. The second kappa shape index (κ2) is 18.0. The highest BCUT2D eigenvalue weighted by Gasteiger charge is 2.47. The lowest BCUT2D eigenvalue weighted by atomic mass is 9.85. The van der Waals surface area contributed by atoms with Gasteiger partial charge in [0.1, 0.15) is 23.1 Å². The minimum Gasteiger partial charge on any atom is -0.376 e. The van der Waals surface area contributed by atoms with Crippen molar-refractivity contribution < 1.29 is 33.9 Å². The van der Waals surface area contributed by atoms with Crippen LogP contribution in [-0.2, 0) is 24.0 Å². The third-order valence-corrected chi connectivity index (χ3v) is 9.70. The van der Waals surface area contributed by atoms with Crippen LogP contribution in [0, 0.1) is 17.3 Å². The van der Waals surface area contributed by atoms with Gasteiger partial charge < -0.3 is 36.6 Å². The molecular weight excluding hydrogens is 713 g/mol. The number of rotatable bonds is 15. The molecule has 1 aliphatic carbocycles. The van der Waals surface area contributed by atoms with Crippen molar-refractivity contribution in [2.24, 2.45) is 17.3 Å². The number of hydrogen-bond acceptors (Lipinski definition) is 8. The van der Waals surface area contributed by atoms with Crippen LogP contribution in [0.25, 0.3) is 0 Å². The Kier molecular flexibility index (Phi) is 14.9. The van der Waals surface area contributed by atoms with E-state index in [1.807, 2.05) is 0 Å². The molecule has 2 aliphatic rings. The highest BCUT2D eigenvalue weighted by molar-refractivity contribution is 6.44. The zero-order valence-electron chi connectivity index (χ0n) is 31.3. The molecule has 1 saturated carbocycles. The van der Waals surface area contributed by atoms with Crippen LogP contribution < -0.4 is 26.6 Å². The van der Waals surface area contributed by atoms with Gasteiger partial charge in [0.25, 0.3) is 5.91 Å². The first kappa shape index (κ1) is 42.9. The Labute approximate surface area is 316 Å². The van der Waals surface area contributed by atoms with Crippen molar-refractivity contribution in [1.29, 1.82) is 0 Å². The Morgan fingerprint density at radius 3 is 2.08 bits per heavy atom. The summed E-state index contributed by atoms with van der Waals surface area (Å²) in [6.45, 7) is 10.3. The molecule has 14 nitrogen and oxygen atoms in total. The number of halogens is 2. The standard InChI is InChI=1S/C36H55Cl2N7O7/c1-35(2,3)28(42-34(52)43-36(4,5)6)33(51)45-19-22(29(37)38)17-24(45)30(48)40-23(16-20-14-15-20)27(47)31(49)39-18-25(46)41-26(32(50)44(7)8)21-12-10-9-11-13-21/h9-13,20,22-24,26,28-29,32,50H,14-19H2,1-8H3,(H,39,49)(H,40,48)(H,41,46)(H2,42,43,52)/t22-,23?,24+,26?,28-,32?/m1/s1. The first-order chi connectivity index (χ1) is 24.1. The summed E-state index contributed by atoms with van der Waals surface area (Å²) < 4.78 is 0. The van der Waals surface area contributed by atoms with Crippen molar-refractivity contribution in [2.75, 3.05) is 27.2 Å². The fourth-order valence-corrected chi connectivity index (χ4v) is 6.34. The number of ketones is 1. The van der Waals surface area contributed by atoms with Crippen LogP contribution in [0.3, 0.4) is 0 Å². The molecule has 0 radical (unpaired) electrons. The van der Waals surface area contributed by atoms with E-state index in [1.54, 1.807) is 86.0 Å². The van der Waals surface area contributed by atoms with Crippen molar-refractivity contribution in [3.63, 3.8) is 0 Å². The molecule has 3 rings (SSSR count). The van der Waals surface area contributed by atoms with Gasteiger partial charge in [-0.05, 0) is 64.6 Å². The molecule has 6 N–H and O–H groups in total. The van der Waals surface area contributed by atoms with Crippen LogP contribution >= 0.6 is 23.2 Å². The monoisotopic (exact) mass is 767 g/mol. The molecule has 3 unspecified atom stereocenters. The van der Waals surface area contributed by atoms with E-state index < -0.39 is 94.1 Å². The average Bonchev–Trinajstić information content (AvgIpc) is 3.75. The van der Waals surface area contributed by atoms with E-state index in [0.29, 0.717) is 5.56 Å². The molecule has 1 aliphatic heterocycles. The van der Waals surface area contributed by atoms with Gasteiger partial charge >= 0.3 is 6.03 Å².